The summed E-state index contributed by atoms with van der Waals surface area (Å²) in [4.78, 5) is 11.6. The van der Waals surface area contributed by atoms with Crippen LogP contribution in [0.2, 0.25) is 0 Å². The van der Waals surface area contributed by atoms with Gasteiger partial charge in [-0.15, -0.1) is 0 Å². The van der Waals surface area contributed by atoms with Gasteiger partial charge < -0.3 is 5.32 Å². The van der Waals surface area contributed by atoms with Crippen molar-refractivity contribution < 1.29 is 4.79 Å². The maximum absolute atomic E-state index is 11.6. The first-order valence-electron chi connectivity index (χ1n) is 6.87. The SMILES string of the molecule is O=C(C=Cc1cnn(-c2ccccc2)c1)NCC1CC1. The molecule has 0 aliphatic heterocycles. The number of para-hydroxylation sites is 1. The van der Waals surface area contributed by atoms with Gasteiger partial charge in [0.1, 0.15) is 0 Å². The first kappa shape index (κ1) is 12.7. The Morgan fingerprint density at radius 3 is 2.90 bits per heavy atom. The van der Waals surface area contributed by atoms with E-state index in [1.807, 2.05) is 36.5 Å². The minimum Gasteiger partial charge on any atom is -0.352 e. The van der Waals surface area contributed by atoms with E-state index < -0.39 is 0 Å². The van der Waals surface area contributed by atoms with E-state index in [0.717, 1.165) is 17.8 Å². The molecule has 2 aromatic rings. The molecular weight excluding hydrogens is 250 g/mol. The lowest BCUT2D eigenvalue weighted by Crippen LogP contribution is -2.23. The first-order chi connectivity index (χ1) is 9.81. The number of hydrogen-bond acceptors (Lipinski definition) is 2. The Kier molecular flexibility index (Phi) is 3.63. The molecule has 1 aliphatic rings. The number of carbonyl (C=O) groups is 1. The van der Waals surface area contributed by atoms with Crippen molar-refractivity contribution in [2.45, 2.75) is 12.8 Å². The predicted molar refractivity (Wildman–Crippen MR) is 78.3 cm³/mol. The molecule has 0 unspecified atom stereocenters. The zero-order valence-corrected chi connectivity index (χ0v) is 11.2. The van der Waals surface area contributed by atoms with E-state index in [9.17, 15) is 4.79 Å². The number of benzene rings is 1. The summed E-state index contributed by atoms with van der Waals surface area (Å²) >= 11 is 0. The Hall–Kier alpha value is -2.36. The van der Waals surface area contributed by atoms with E-state index in [0.29, 0.717) is 5.92 Å². The number of aromatic nitrogens is 2. The summed E-state index contributed by atoms with van der Waals surface area (Å²) in [5.41, 5.74) is 1.92. The minimum atomic E-state index is -0.0376. The number of hydrogen-bond donors (Lipinski definition) is 1. The second-order valence-corrected chi connectivity index (χ2v) is 5.08. The standard InChI is InChI=1S/C16H17N3O/c20-16(17-10-13-6-7-13)9-8-14-11-18-19(12-14)15-4-2-1-3-5-15/h1-5,8-9,11-13H,6-7,10H2,(H,17,20). The molecule has 102 valence electrons. The minimum absolute atomic E-state index is 0.0376. The quantitative estimate of drug-likeness (QED) is 0.846. The summed E-state index contributed by atoms with van der Waals surface area (Å²) in [6, 6.07) is 9.89. The fraction of sp³-hybridized carbons (Fsp3) is 0.250. The molecule has 4 nitrogen and oxygen atoms in total. The van der Waals surface area contributed by atoms with E-state index in [4.69, 9.17) is 0 Å². The zero-order valence-electron chi connectivity index (χ0n) is 11.2. The molecule has 1 heterocycles. The van der Waals surface area contributed by atoms with E-state index in [1.54, 1.807) is 23.0 Å². The molecular formula is C16H17N3O. The highest BCUT2D eigenvalue weighted by Gasteiger charge is 2.20. The second kappa shape index (κ2) is 5.74. The van der Waals surface area contributed by atoms with E-state index in [2.05, 4.69) is 10.4 Å². The number of rotatable bonds is 5. The molecule has 0 atom stereocenters. The van der Waals surface area contributed by atoms with Crippen LogP contribution in [0.1, 0.15) is 18.4 Å². The highest BCUT2D eigenvalue weighted by molar-refractivity contribution is 5.91. The molecule has 1 fully saturated rings. The van der Waals surface area contributed by atoms with Crippen molar-refractivity contribution in [1.82, 2.24) is 15.1 Å². The van der Waals surface area contributed by atoms with Gasteiger partial charge in [0.2, 0.25) is 5.91 Å². The molecule has 0 saturated heterocycles. The number of carbonyl (C=O) groups excluding carboxylic acids is 1. The summed E-state index contributed by atoms with van der Waals surface area (Å²) in [6.45, 7) is 0.798. The highest BCUT2D eigenvalue weighted by Crippen LogP contribution is 2.27. The van der Waals surface area contributed by atoms with Crippen LogP contribution in [0.4, 0.5) is 0 Å². The molecule has 1 saturated carbocycles. The smallest absolute Gasteiger partial charge is 0.244 e. The van der Waals surface area contributed by atoms with Gasteiger partial charge in [-0.05, 0) is 37.0 Å². The summed E-state index contributed by atoms with van der Waals surface area (Å²) in [5, 5.41) is 7.18. The number of nitrogens with one attached hydrogen (secondary N) is 1. The van der Waals surface area contributed by atoms with Crippen molar-refractivity contribution in [2.75, 3.05) is 6.54 Å². The third-order valence-corrected chi connectivity index (χ3v) is 3.31. The van der Waals surface area contributed by atoms with Gasteiger partial charge in [0.05, 0.1) is 11.9 Å². The van der Waals surface area contributed by atoms with Crippen LogP contribution >= 0.6 is 0 Å². The topological polar surface area (TPSA) is 46.9 Å². The van der Waals surface area contributed by atoms with Crippen LogP contribution in [0, 0.1) is 5.92 Å². The Morgan fingerprint density at radius 1 is 1.35 bits per heavy atom. The van der Waals surface area contributed by atoms with Gasteiger partial charge in [0.25, 0.3) is 0 Å². The lowest BCUT2D eigenvalue weighted by Gasteiger charge is -1.99. The van der Waals surface area contributed by atoms with Crippen LogP contribution in [-0.2, 0) is 4.79 Å². The largest absolute Gasteiger partial charge is 0.352 e. The third-order valence-electron chi connectivity index (χ3n) is 3.31. The summed E-state index contributed by atoms with van der Waals surface area (Å²) in [6.07, 6.45) is 9.49. The summed E-state index contributed by atoms with van der Waals surface area (Å²) in [5.74, 6) is 0.664. The lowest BCUT2D eigenvalue weighted by atomic mass is 10.3. The average molecular weight is 267 g/mol. The van der Waals surface area contributed by atoms with Crippen molar-refractivity contribution in [2.24, 2.45) is 5.92 Å². The molecule has 20 heavy (non-hydrogen) atoms. The van der Waals surface area contributed by atoms with Gasteiger partial charge in [-0.3, -0.25) is 4.79 Å². The summed E-state index contributed by atoms with van der Waals surface area (Å²) < 4.78 is 1.79. The van der Waals surface area contributed by atoms with Crippen molar-refractivity contribution >= 4 is 12.0 Å². The Balaban J connectivity index is 1.60. The van der Waals surface area contributed by atoms with Crippen LogP contribution in [0.25, 0.3) is 11.8 Å². The normalized spacial score (nSPS) is 14.6. The van der Waals surface area contributed by atoms with Crippen LogP contribution in [0.5, 0.6) is 0 Å². The van der Waals surface area contributed by atoms with Crippen LogP contribution in [0.15, 0.2) is 48.8 Å². The fourth-order valence-corrected chi connectivity index (χ4v) is 1.94. The van der Waals surface area contributed by atoms with E-state index >= 15 is 0 Å². The average Bonchev–Trinajstić information content (AvgIpc) is 3.20. The van der Waals surface area contributed by atoms with Gasteiger partial charge in [-0.2, -0.15) is 5.10 Å². The number of amides is 1. The zero-order chi connectivity index (χ0) is 13.8. The molecule has 1 aromatic carbocycles. The molecule has 1 aliphatic carbocycles. The van der Waals surface area contributed by atoms with Gasteiger partial charge >= 0.3 is 0 Å². The van der Waals surface area contributed by atoms with E-state index in [-0.39, 0.29) is 5.91 Å². The van der Waals surface area contributed by atoms with Crippen molar-refractivity contribution in [3.63, 3.8) is 0 Å². The van der Waals surface area contributed by atoms with Crippen LogP contribution < -0.4 is 5.32 Å². The molecule has 1 N–H and O–H groups in total. The molecule has 0 bridgehead atoms. The highest BCUT2D eigenvalue weighted by atomic mass is 16.1. The second-order valence-electron chi connectivity index (χ2n) is 5.08. The maximum Gasteiger partial charge on any atom is 0.244 e. The predicted octanol–water partition coefficient (Wildman–Crippen LogP) is 2.41. The molecule has 4 heteroatoms. The van der Waals surface area contributed by atoms with Crippen LogP contribution in [-0.4, -0.2) is 22.2 Å². The third kappa shape index (κ3) is 3.35. The number of nitrogens with zero attached hydrogens (tertiary/aromatic N) is 2. The Morgan fingerprint density at radius 2 is 2.15 bits per heavy atom. The summed E-state index contributed by atoms with van der Waals surface area (Å²) in [7, 11) is 0. The van der Waals surface area contributed by atoms with Crippen molar-refractivity contribution in [3.05, 3.63) is 54.4 Å². The molecule has 1 aromatic heterocycles. The fourth-order valence-electron chi connectivity index (χ4n) is 1.94. The molecule has 0 spiro atoms. The van der Waals surface area contributed by atoms with Gasteiger partial charge in [-0.1, -0.05) is 18.2 Å². The lowest BCUT2D eigenvalue weighted by molar-refractivity contribution is -0.116. The monoisotopic (exact) mass is 267 g/mol. The van der Waals surface area contributed by atoms with Gasteiger partial charge in [0, 0.05) is 24.4 Å². The van der Waals surface area contributed by atoms with Crippen molar-refractivity contribution in [1.29, 1.82) is 0 Å². The molecule has 3 rings (SSSR count). The van der Waals surface area contributed by atoms with Crippen molar-refractivity contribution in [3.8, 4) is 5.69 Å². The van der Waals surface area contributed by atoms with Crippen LogP contribution in [0.3, 0.4) is 0 Å². The Bertz CT molecular complexity index is 612. The van der Waals surface area contributed by atoms with Gasteiger partial charge in [-0.25, -0.2) is 4.68 Å². The Labute approximate surface area is 118 Å². The van der Waals surface area contributed by atoms with E-state index in [1.165, 1.54) is 12.8 Å². The maximum atomic E-state index is 11.6. The van der Waals surface area contributed by atoms with Gasteiger partial charge in [0.15, 0.2) is 0 Å². The molecule has 0 radical (unpaired) electrons. The first-order valence-corrected chi connectivity index (χ1v) is 6.87. The molecule has 1 amide bonds.